The van der Waals surface area contributed by atoms with Crippen LogP contribution >= 0.6 is 0 Å². The van der Waals surface area contributed by atoms with Gasteiger partial charge in [0.15, 0.2) is 0 Å². The molecule has 0 atom stereocenters. The summed E-state index contributed by atoms with van der Waals surface area (Å²) in [6, 6.07) is 6.71. The van der Waals surface area contributed by atoms with Gasteiger partial charge in [-0.2, -0.15) is 10.2 Å². The van der Waals surface area contributed by atoms with Crippen LogP contribution in [0.15, 0.2) is 36.7 Å². The summed E-state index contributed by atoms with van der Waals surface area (Å²) in [5.41, 5.74) is 0.933. The number of pyridine rings is 1. The Morgan fingerprint density at radius 2 is 2.20 bits per heavy atom. The third kappa shape index (κ3) is 3.86. The van der Waals surface area contributed by atoms with Crippen molar-refractivity contribution < 1.29 is 9.90 Å². The molecule has 2 aromatic heterocycles. The molecule has 0 aromatic carbocycles. The zero-order valence-corrected chi connectivity index (χ0v) is 10.6. The highest BCUT2D eigenvalue weighted by atomic mass is 16.2. The predicted octanol–water partition coefficient (Wildman–Crippen LogP) is 0.858. The number of aromatic nitrogens is 3. The minimum atomic E-state index is -0.312. The molecule has 0 saturated heterocycles. The summed E-state index contributed by atoms with van der Waals surface area (Å²) >= 11 is 0. The minimum Gasteiger partial charge on any atom is -0.395 e. The zero-order chi connectivity index (χ0) is 14.2. The smallest absolute Gasteiger partial charge is 0.258 e. The second kappa shape index (κ2) is 6.97. The molecule has 6 nitrogen and oxygen atoms in total. The van der Waals surface area contributed by atoms with E-state index in [1.165, 1.54) is 12.4 Å². The Balaban J connectivity index is 2.09. The fourth-order valence-electron chi connectivity index (χ4n) is 1.40. The molecule has 0 bridgehead atoms. The van der Waals surface area contributed by atoms with Gasteiger partial charge in [0.1, 0.15) is 11.5 Å². The molecule has 1 amide bonds. The molecule has 0 aliphatic heterocycles. The number of carbonyl (C=O) groups excluding carboxylic acids is 1. The van der Waals surface area contributed by atoms with E-state index in [4.69, 9.17) is 5.11 Å². The molecule has 0 spiro atoms. The Hall–Kier alpha value is -2.78. The number of rotatable bonds is 3. The lowest BCUT2D eigenvalue weighted by Crippen LogP contribution is -2.13. The van der Waals surface area contributed by atoms with Crippen molar-refractivity contribution in [1.82, 2.24) is 15.2 Å². The number of anilines is 1. The lowest BCUT2D eigenvalue weighted by molar-refractivity contribution is 0.102. The van der Waals surface area contributed by atoms with E-state index in [0.29, 0.717) is 23.5 Å². The summed E-state index contributed by atoms with van der Waals surface area (Å²) in [4.78, 5) is 16.1. The third-order valence-electron chi connectivity index (χ3n) is 2.29. The highest BCUT2D eigenvalue weighted by molar-refractivity contribution is 6.03. The van der Waals surface area contributed by atoms with E-state index in [-0.39, 0.29) is 12.5 Å². The van der Waals surface area contributed by atoms with Crippen molar-refractivity contribution in [3.05, 3.63) is 47.9 Å². The zero-order valence-electron chi connectivity index (χ0n) is 10.6. The highest BCUT2D eigenvalue weighted by Crippen LogP contribution is 2.06. The summed E-state index contributed by atoms with van der Waals surface area (Å²) in [5, 5.41) is 18.6. The molecule has 100 valence electrons. The maximum Gasteiger partial charge on any atom is 0.258 e. The lowest BCUT2D eigenvalue weighted by Gasteiger charge is -2.03. The van der Waals surface area contributed by atoms with E-state index in [0.717, 1.165) is 0 Å². The maximum atomic E-state index is 11.9. The molecular weight excluding hydrogens is 256 g/mol. The van der Waals surface area contributed by atoms with Gasteiger partial charge in [0.25, 0.3) is 5.91 Å². The van der Waals surface area contributed by atoms with E-state index in [9.17, 15) is 4.79 Å². The van der Waals surface area contributed by atoms with Crippen LogP contribution in [0, 0.1) is 11.8 Å². The quantitative estimate of drug-likeness (QED) is 0.806. The summed E-state index contributed by atoms with van der Waals surface area (Å²) in [6.45, 7) is 0.0124. The van der Waals surface area contributed by atoms with Crippen molar-refractivity contribution in [2.45, 2.75) is 6.42 Å². The summed E-state index contributed by atoms with van der Waals surface area (Å²) in [5.74, 6) is 5.67. The number of carbonyl (C=O) groups is 1. The van der Waals surface area contributed by atoms with Crippen LogP contribution in [0.3, 0.4) is 0 Å². The van der Waals surface area contributed by atoms with Crippen molar-refractivity contribution >= 4 is 11.7 Å². The largest absolute Gasteiger partial charge is 0.395 e. The molecule has 0 saturated carbocycles. The molecule has 2 heterocycles. The van der Waals surface area contributed by atoms with Gasteiger partial charge in [0.2, 0.25) is 0 Å². The summed E-state index contributed by atoms with van der Waals surface area (Å²) in [6.07, 6.45) is 3.21. The van der Waals surface area contributed by atoms with Crippen molar-refractivity contribution in [3.8, 4) is 11.8 Å². The normalized spacial score (nSPS) is 9.45. The first-order valence-electron chi connectivity index (χ1n) is 5.94. The van der Waals surface area contributed by atoms with E-state index >= 15 is 0 Å². The Morgan fingerprint density at radius 1 is 1.30 bits per heavy atom. The molecule has 20 heavy (non-hydrogen) atoms. The van der Waals surface area contributed by atoms with Crippen LogP contribution in [0.1, 0.15) is 22.5 Å². The first kappa shape index (κ1) is 13.6. The molecule has 0 aliphatic rings. The number of amides is 1. The van der Waals surface area contributed by atoms with Crippen molar-refractivity contribution in [2.24, 2.45) is 0 Å². The van der Waals surface area contributed by atoms with Crippen LogP contribution in [0.25, 0.3) is 0 Å². The van der Waals surface area contributed by atoms with Crippen LogP contribution in [-0.4, -0.2) is 32.8 Å². The number of nitrogens with zero attached hydrogens (tertiary/aromatic N) is 3. The minimum absolute atomic E-state index is 0.0124. The van der Waals surface area contributed by atoms with Crippen LogP contribution in [0.5, 0.6) is 0 Å². The lowest BCUT2D eigenvalue weighted by atomic mass is 10.3. The molecule has 2 N–H and O–H groups in total. The van der Waals surface area contributed by atoms with E-state index in [1.807, 2.05) is 0 Å². The first-order valence-corrected chi connectivity index (χ1v) is 5.94. The second-order valence-corrected chi connectivity index (χ2v) is 3.77. The number of hydrogen-bond donors (Lipinski definition) is 2. The van der Waals surface area contributed by atoms with Crippen LogP contribution in [0.4, 0.5) is 5.82 Å². The average molecular weight is 268 g/mol. The molecule has 0 radical (unpaired) electrons. The molecule has 6 heteroatoms. The van der Waals surface area contributed by atoms with Gasteiger partial charge in [-0.15, -0.1) is 0 Å². The van der Waals surface area contributed by atoms with Crippen molar-refractivity contribution in [1.29, 1.82) is 0 Å². The molecular formula is C14H12N4O2. The van der Waals surface area contributed by atoms with E-state index < -0.39 is 0 Å². The Morgan fingerprint density at radius 3 is 2.95 bits per heavy atom. The molecule has 0 unspecified atom stereocenters. The van der Waals surface area contributed by atoms with Crippen molar-refractivity contribution in [3.63, 3.8) is 0 Å². The van der Waals surface area contributed by atoms with Crippen LogP contribution in [-0.2, 0) is 0 Å². The highest BCUT2D eigenvalue weighted by Gasteiger charge is 2.06. The second-order valence-electron chi connectivity index (χ2n) is 3.77. The van der Waals surface area contributed by atoms with Gasteiger partial charge in [0, 0.05) is 6.42 Å². The van der Waals surface area contributed by atoms with Gasteiger partial charge in [-0.3, -0.25) is 4.79 Å². The number of hydrogen-bond acceptors (Lipinski definition) is 5. The van der Waals surface area contributed by atoms with Crippen LogP contribution < -0.4 is 5.32 Å². The van der Waals surface area contributed by atoms with Gasteiger partial charge >= 0.3 is 0 Å². The molecule has 0 fully saturated rings. The number of aliphatic hydroxyl groups is 1. The van der Waals surface area contributed by atoms with E-state index in [1.54, 1.807) is 24.3 Å². The van der Waals surface area contributed by atoms with E-state index in [2.05, 4.69) is 32.3 Å². The van der Waals surface area contributed by atoms with Gasteiger partial charge in [0.05, 0.1) is 24.6 Å². The van der Waals surface area contributed by atoms with Gasteiger partial charge in [-0.25, -0.2) is 4.98 Å². The Kier molecular flexibility index (Phi) is 4.76. The monoisotopic (exact) mass is 268 g/mol. The average Bonchev–Trinajstić information content (AvgIpc) is 2.49. The molecule has 2 rings (SSSR count). The van der Waals surface area contributed by atoms with Gasteiger partial charge < -0.3 is 10.4 Å². The topological polar surface area (TPSA) is 88.0 Å². The third-order valence-corrected chi connectivity index (χ3v) is 2.29. The summed E-state index contributed by atoms with van der Waals surface area (Å²) < 4.78 is 0. The summed E-state index contributed by atoms with van der Waals surface area (Å²) in [7, 11) is 0. The Labute approximate surface area is 115 Å². The fourth-order valence-corrected chi connectivity index (χ4v) is 1.40. The first-order chi connectivity index (χ1) is 9.79. The van der Waals surface area contributed by atoms with Gasteiger partial charge in [-0.05, 0) is 24.1 Å². The van der Waals surface area contributed by atoms with Crippen LogP contribution in [0.2, 0.25) is 0 Å². The number of nitrogens with one attached hydrogen (secondary N) is 1. The molecule has 2 aromatic rings. The van der Waals surface area contributed by atoms with Gasteiger partial charge in [-0.1, -0.05) is 12.0 Å². The molecule has 0 aliphatic carbocycles. The number of aliphatic hydroxyl groups excluding tert-OH is 1. The Bertz CT molecular complexity index is 647. The SMILES string of the molecule is O=C(Nc1cccc(C#CCCO)n1)c1ccnnc1. The fraction of sp³-hybridized carbons (Fsp3) is 0.143. The standard InChI is InChI=1S/C14H12N4O2/c19-9-2-1-4-12-5-3-6-13(17-12)18-14(20)11-7-8-15-16-10-11/h3,5-8,10,19H,2,9H2,(H,17,18,20). The van der Waals surface area contributed by atoms with Crippen molar-refractivity contribution in [2.75, 3.05) is 11.9 Å². The predicted molar refractivity (Wildman–Crippen MR) is 72.8 cm³/mol. The maximum absolute atomic E-state index is 11.9.